The molecule has 1 aliphatic rings. The van der Waals surface area contributed by atoms with Gasteiger partial charge in [-0.05, 0) is 59.4 Å². The van der Waals surface area contributed by atoms with E-state index in [0.29, 0.717) is 35.7 Å². The largest absolute Gasteiger partial charge is 0.326 e. The first-order chi connectivity index (χ1) is 16.2. The number of sulfonamides is 1. The number of aryl methyl sites for hydroxylation is 1. The van der Waals surface area contributed by atoms with Gasteiger partial charge < -0.3 is 10.6 Å². The molecule has 3 N–H and O–H groups in total. The first-order valence-corrected chi connectivity index (χ1v) is 12.6. The number of rotatable bonds is 7. The minimum absolute atomic E-state index is 0.0393. The molecule has 0 aliphatic carbocycles. The van der Waals surface area contributed by atoms with Gasteiger partial charge in [-0.15, -0.1) is 0 Å². The number of amides is 2. The van der Waals surface area contributed by atoms with Gasteiger partial charge in [-0.3, -0.25) is 9.59 Å². The Labute approximate surface area is 199 Å². The van der Waals surface area contributed by atoms with Crippen molar-refractivity contribution < 1.29 is 18.0 Å². The molecule has 2 amide bonds. The number of hydrogen-bond donors (Lipinski definition) is 3. The molecule has 1 heterocycles. The van der Waals surface area contributed by atoms with Gasteiger partial charge in [-0.1, -0.05) is 56.3 Å². The molecule has 8 heteroatoms. The van der Waals surface area contributed by atoms with E-state index < -0.39 is 22.0 Å². The van der Waals surface area contributed by atoms with Crippen molar-refractivity contribution >= 4 is 33.2 Å². The highest BCUT2D eigenvalue weighted by Crippen LogP contribution is 2.27. The Morgan fingerprint density at radius 2 is 1.62 bits per heavy atom. The van der Waals surface area contributed by atoms with Crippen LogP contribution in [0, 0.1) is 0 Å². The third kappa shape index (κ3) is 5.35. The number of benzene rings is 3. The summed E-state index contributed by atoms with van der Waals surface area (Å²) in [5.41, 5.74) is 3.60. The fraction of sp³-hybridized carbons (Fsp3) is 0.231. The van der Waals surface area contributed by atoms with Crippen LogP contribution in [0.3, 0.4) is 0 Å². The third-order valence-corrected chi connectivity index (χ3v) is 7.22. The highest BCUT2D eigenvalue weighted by molar-refractivity contribution is 7.89. The van der Waals surface area contributed by atoms with Crippen LogP contribution in [0.15, 0.2) is 77.7 Å². The normalized spacial score (nSPS) is 14.3. The smallest absolute Gasteiger partial charge is 0.247 e. The monoisotopic (exact) mass is 477 g/mol. The summed E-state index contributed by atoms with van der Waals surface area (Å²) < 4.78 is 29.1. The molecule has 0 saturated carbocycles. The molecular weight excluding hydrogens is 450 g/mol. The predicted octanol–water partition coefficient (Wildman–Crippen LogP) is 4.35. The van der Waals surface area contributed by atoms with E-state index in [-0.39, 0.29) is 10.8 Å². The second kappa shape index (κ2) is 9.79. The molecule has 7 nitrogen and oxygen atoms in total. The topological polar surface area (TPSA) is 104 Å². The molecule has 0 spiro atoms. The van der Waals surface area contributed by atoms with Crippen molar-refractivity contribution in [1.29, 1.82) is 0 Å². The van der Waals surface area contributed by atoms with Gasteiger partial charge in [-0.2, -0.15) is 4.72 Å². The van der Waals surface area contributed by atoms with E-state index in [4.69, 9.17) is 0 Å². The van der Waals surface area contributed by atoms with E-state index in [1.807, 2.05) is 24.3 Å². The Morgan fingerprint density at radius 1 is 0.912 bits per heavy atom. The maximum atomic E-state index is 13.3. The Kier molecular flexibility index (Phi) is 6.81. The molecule has 3 aromatic rings. The van der Waals surface area contributed by atoms with Crippen LogP contribution in [0.25, 0.3) is 0 Å². The minimum Gasteiger partial charge on any atom is -0.326 e. The summed E-state index contributed by atoms with van der Waals surface area (Å²) in [6.07, 6.45) is 0.758. The molecule has 0 unspecified atom stereocenters. The van der Waals surface area contributed by atoms with E-state index in [0.717, 1.165) is 11.1 Å². The Balaban J connectivity index is 1.60. The lowest BCUT2D eigenvalue weighted by Crippen LogP contribution is -2.37. The van der Waals surface area contributed by atoms with Crippen molar-refractivity contribution in [2.45, 2.75) is 43.5 Å². The lowest BCUT2D eigenvalue weighted by molar-refractivity contribution is -0.118. The third-order valence-electron chi connectivity index (χ3n) is 5.80. The predicted molar refractivity (Wildman–Crippen MR) is 132 cm³/mol. The van der Waals surface area contributed by atoms with E-state index in [9.17, 15) is 18.0 Å². The van der Waals surface area contributed by atoms with Crippen molar-refractivity contribution in [3.05, 3.63) is 89.5 Å². The number of carbonyl (C=O) groups excluding carboxylic acids is 2. The van der Waals surface area contributed by atoms with Gasteiger partial charge in [0.2, 0.25) is 21.8 Å². The van der Waals surface area contributed by atoms with Crippen LogP contribution in [0.2, 0.25) is 0 Å². The lowest BCUT2D eigenvalue weighted by atomic mass is 10.0. The Bertz CT molecular complexity index is 1300. The summed E-state index contributed by atoms with van der Waals surface area (Å²) in [4.78, 5) is 24.9. The molecular formula is C26H27N3O4S. The summed E-state index contributed by atoms with van der Waals surface area (Å²) in [6.45, 7) is 4.17. The second-order valence-electron chi connectivity index (χ2n) is 8.60. The first-order valence-electron chi connectivity index (χ1n) is 11.1. The van der Waals surface area contributed by atoms with Crippen LogP contribution in [0.4, 0.5) is 11.4 Å². The number of fused-ring (bicyclic) bond motifs is 1. The highest BCUT2D eigenvalue weighted by atomic mass is 32.2. The van der Waals surface area contributed by atoms with E-state index in [2.05, 4.69) is 29.2 Å². The number of nitrogens with one attached hydrogen (secondary N) is 3. The van der Waals surface area contributed by atoms with E-state index >= 15 is 0 Å². The molecule has 0 radical (unpaired) electrons. The quantitative estimate of drug-likeness (QED) is 0.470. The van der Waals surface area contributed by atoms with Crippen LogP contribution >= 0.6 is 0 Å². The molecule has 0 bridgehead atoms. The average molecular weight is 478 g/mol. The molecule has 34 heavy (non-hydrogen) atoms. The van der Waals surface area contributed by atoms with Gasteiger partial charge in [0.05, 0.1) is 4.90 Å². The summed E-state index contributed by atoms with van der Waals surface area (Å²) in [5, 5.41) is 5.57. The van der Waals surface area contributed by atoms with Gasteiger partial charge in [0.15, 0.2) is 0 Å². The lowest BCUT2D eigenvalue weighted by Gasteiger charge is -2.21. The maximum absolute atomic E-state index is 13.3. The molecule has 0 fully saturated rings. The van der Waals surface area contributed by atoms with Gasteiger partial charge in [0.1, 0.15) is 6.04 Å². The summed E-state index contributed by atoms with van der Waals surface area (Å²) in [6, 6.07) is 19.6. The van der Waals surface area contributed by atoms with Crippen LogP contribution in [0.1, 0.15) is 48.9 Å². The Hall–Kier alpha value is -3.49. The zero-order valence-electron chi connectivity index (χ0n) is 19.0. The number of hydrogen-bond acceptors (Lipinski definition) is 4. The molecule has 1 atom stereocenters. The minimum atomic E-state index is -4.03. The fourth-order valence-corrected chi connectivity index (χ4v) is 5.07. The summed E-state index contributed by atoms with van der Waals surface area (Å²) in [7, 11) is -4.03. The molecule has 3 aromatic carbocycles. The molecule has 4 rings (SSSR count). The Morgan fingerprint density at radius 3 is 2.29 bits per heavy atom. The van der Waals surface area contributed by atoms with Crippen molar-refractivity contribution in [3.8, 4) is 0 Å². The maximum Gasteiger partial charge on any atom is 0.247 e. The van der Waals surface area contributed by atoms with Gasteiger partial charge in [0, 0.05) is 17.8 Å². The van der Waals surface area contributed by atoms with Crippen molar-refractivity contribution in [2.24, 2.45) is 0 Å². The van der Waals surface area contributed by atoms with Gasteiger partial charge in [0.25, 0.3) is 0 Å². The van der Waals surface area contributed by atoms with Crippen LogP contribution < -0.4 is 15.4 Å². The fourth-order valence-electron chi connectivity index (χ4n) is 3.83. The van der Waals surface area contributed by atoms with Gasteiger partial charge in [-0.25, -0.2) is 8.42 Å². The van der Waals surface area contributed by atoms with E-state index in [1.165, 1.54) is 6.07 Å². The number of anilines is 2. The highest BCUT2D eigenvalue weighted by Gasteiger charge is 2.28. The second-order valence-corrected chi connectivity index (χ2v) is 10.3. The standard InChI is InChI=1S/C26H27N3O4S/c1-17(2)18-8-11-21(12-9-18)27-26(31)25(19-6-4-3-5-7-19)29-34(32,33)22-13-14-23-20(16-22)10-15-24(30)28-23/h3-9,11-14,16-17,25,29H,10,15H2,1-2H3,(H,27,31)(H,28,30)/t25-/m1/s1. The number of carbonyl (C=O) groups is 2. The molecule has 0 saturated heterocycles. The van der Waals surface area contributed by atoms with E-state index in [1.54, 1.807) is 42.5 Å². The van der Waals surface area contributed by atoms with Crippen LogP contribution in [-0.2, 0) is 26.0 Å². The summed E-state index contributed by atoms with van der Waals surface area (Å²) >= 11 is 0. The molecule has 176 valence electrons. The van der Waals surface area contributed by atoms with Crippen molar-refractivity contribution in [3.63, 3.8) is 0 Å². The zero-order valence-corrected chi connectivity index (χ0v) is 19.9. The van der Waals surface area contributed by atoms with Crippen LogP contribution in [-0.4, -0.2) is 20.2 Å². The molecule has 1 aliphatic heterocycles. The first kappa shape index (κ1) is 23.7. The average Bonchev–Trinajstić information content (AvgIpc) is 2.83. The summed E-state index contributed by atoms with van der Waals surface area (Å²) in [5.74, 6) is -0.223. The van der Waals surface area contributed by atoms with Crippen LogP contribution in [0.5, 0.6) is 0 Å². The van der Waals surface area contributed by atoms with Crippen molar-refractivity contribution in [2.75, 3.05) is 10.6 Å². The SMILES string of the molecule is CC(C)c1ccc(NC(=O)[C@H](NS(=O)(=O)c2ccc3c(c2)CCC(=O)N3)c2ccccc2)cc1. The van der Waals surface area contributed by atoms with Crippen molar-refractivity contribution in [1.82, 2.24) is 4.72 Å². The zero-order chi connectivity index (χ0) is 24.3. The van der Waals surface area contributed by atoms with Gasteiger partial charge >= 0.3 is 0 Å². The molecule has 0 aromatic heterocycles.